The van der Waals surface area contributed by atoms with Gasteiger partial charge in [-0.3, -0.25) is 14.7 Å². The Morgan fingerprint density at radius 3 is 2.07 bits per heavy atom. The van der Waals surface area contributed by atoms with Crippen molar-refractivity contribution in [1.29, 1.82) is 0 Å². The lowest BCUT2D eigenvalue weighted by Gasteiger charge is -2.40. The van der Waals surface area contributed by atoms with E-state index in [-0.39, 0.29) is 19.5 Å². The number of carbonyl (C=O) groups is 1. The lowest BCUT2D eigenvalue weighted by Crippen LogP contribution is -2.58. The molecule has 14 heavy (non-hydrogen) atoms. The van der Waals surface area contributed by atoms with Crippen molar-refractivity contribution in [3.8, 4) is 0 Å². The minimum absolute atomic E-state index is 0.310. The molecule has 0 saturated carbocycles. The van der Waals surface area contributed by atoms with E-state index in [4.69, 9.17) is 10.2 Å². The van der Waals surface area contributed by atoms with E-state index >= 15 is 0 Å². The van der Waals surface area contributed by atoms with Crippen LogP contribution >= 0.6 is 0 Å². The predicted octanol–water partition coefficient (Wildman–Crippen LogP) is -0.749. The van der Waals surface area contributed by atoms with Crippen LogP contribution in [-0.2, 0) is 0 Å². The van der Waals surface area contributed by atoms with Crippen LogP contribution in [0.1, 0.15) is 13.3 Å². The molecule has 2 amide bonds. The monoisotopic (exact) mass is 203 g/mol. The summed E-state index contributed by atoms with van der Waals surface area (Å²) in [6.07, 6.45) is 0.979. The van der Waals surface area contributed by atoms with Gasteiger partial charge in [-0.25, -0.2) is 4.79 Å². The first kappa shape index (κ1) is 11.2. The van der Waals surface area contributed by atoms with Crippen molar-refractivity contribution in [2.75, 3.05) is 33.3 Å². The molecule has 0 radical (unpaired) electrons. The number of urea groups is 1. The van der Waals surface area contributed by atoms with Gasteiger partial charge in [-0.2, -0.15) is 0 Å². The summed E-state index contributed by atoms with van der Waals surface area (Å²) in [4.78, 5) is 16.0. The average molecular weight is 203 g/mol. The van der Waals surface area contributed by atoms with E-state index in [0.29, 0.717) is 13.3 Å². The van der Waals surface area contributed by atoms with Crippen molar-refractivity contribution < 1.29 is 15.0 Å². The second kappa shape index (κ2) is 5.14. The summed E-state index contributed by atoms with van der Waals surface area (Å²) in [5.41, 5.74) is 0. The third-order valence-corrected chi connectivity index (χ3v) is 2.16. The number of nitrogens with zero attached hydrogens (tertiary/aromatic N) is 3. The zero-order chi connectivity index (χ0) is 10.6. The Balaban J connectivity index is 2.58. The quantitative estimate of drug-likeness (QED) is 0.631. The lowest BCUT2D eigenvalue weighted by atomic mass is 10.4. The molecule has 1 saturated heterocycles. The van der Waals surface area contributed by atoms with Gasteiger partial charge < -0.3 is 10.2 Å². The molecule has 0 unspecified atom stereocenters. The topological polar surface area (TPSA) is 67.2 Å². The summed E-state index contributed by atoms with van der Waals surface area (Å²) in [6, 6.07) is -0.317. The Morgan fingerprint density at radius 1 is 1.21 bits per heavy atom. The van der Waals surface area contributed by atoms with E-state index in [1.54, 1.807) is 0 Å². The van der Waals surface area contributed by atoms with Gasteiger partial charge in [-0.15, -0.1) is 0 Å². The van der Waals surface area contributed by atoms with Crippen LogP contribution in [0.5, 0.6) is 0 Å². The molecule has 1 aliphatic rings. The Bertz CT molecular complexity index is 184. The third-order valence-electron chi connectivity index (χ3n) is 2.16. The maximum absolute atomic E-state index is 11.4. The van der Waals surface area contributed by atoms with Gasteiger partial charge in [0.25, 0.3) is 0 Å². The van der Waals surface area contributed by atoms with E-state index in [9.17, 15) is 4.79 Å². The van der Waals surface area contributed by atoms with E-state index in [2.05, 4.69) is 0 Å². The van der Waals surface area contributed by atoms with Crippen LogP contribution in [0.2, 0.25) is 0 Å². The zero-order valence-electron chi connectivity index (χ0n) is 8.39. The third kappa shape index (κ3) is 2.34. The van der Waals surface area contributed by atoms with Crippen LogP contribution in [0.3, 0.4) is 0 Å². The number of rotatable bonds is 4. The van der Waals surface area contributed by atoms with Crippen molar-refractivity contribution in [1.82, 2.24) is 14.7 Å². The van der Waals surface area contributed by atoms with Crippen molar-refractivity contribution in [2.45, 2.75) is 13.3 Å². The van der Waals surface area contributed by atoms with E-state index < -0.39 is 0 Å². The van der Waals surface area contributed by atoms with Gasteiger partial charge in [0, 0.05) is 6.54 Å². The molecule has 1 rings (SSSR count). The van der Waals surface area contributed by atoms with Crippen LogP contribution in [0, 0.1) is 0 Å². The highest BCUT2D eigenvalue weighted by atomic mass is 16.3. The molecule has 0 bridgehead atoms. The van der Waals surface area contributed by atoms with Crippen molar-refractivity contribution in [3.05, 3.63) is 0 Å². The van der Waals surface area contributed by atoms with Crippen LogP contribution in [0.4, 0.5) is 4.79 Å². The van der Waals surface area contributed by atoms with Gasteiger partial charge in [0.15, 0.2) is 0 Å². The summed E-state index contributed by atoms with van der Waals surface area (Å²) < 4.78 is 0. The molecule has 0 aromatic rings. The lowest BCUT2D eigenvalue weighted by molar-refractivity contribution is -0.0259. The minimum atomic E-state index is -0.317. The van der Waals surface area contributed by atoms with Gasteiger partial charge in [0.2, 0.25) is 0 Å². The smallest absolute Gasteiger partial charge is 0.325 e. The second-order valence-electron chi connectivity index (χ2n) is 3.32. The largest absolute Gasteiger partial charge is 0.376 e. The van der Waals surface area contributed by atoms with Crippen molar-refractivity contribution >= 4 is 6.03 Å². The summed E-state index contributed by atoms with van der Waals surface area (Å²) >= 11 is 0. The Labute approximate surface area is 83.3 Å². The first-order valence-electron chi connectivity index (χ1n) is 4.70. The molecule has 0 aromatic carbocycles. The molecule has 1 fully saturated rings. The maximum atomic E-state index is 11.4. The Morgan fingerprint density at radius 2 is 1.71 bits per heavy atom. The molecule has 1 aliphatic heterocycles. The normalized spacial score (nSPS) is 19.2. The second-order valence-corrected chi connectivity index (χ2v) is 3.32. The molecule has 0 spiro atoms. The molecule has 0 aromatic heterocycles. The molecule has 2 N–H and O–H groups in total. The SMILES string of the molecule is CCCN1CN(CO)C(=O)N(CO)C1. The molecule has 1 heterocycles. The van der Waals surface area contributed by atoms with Crippen LogP contribution in [-0.4, -0.2) is 64.3 Å². The standard InChI is InChI=1S/C8H17N3O3/c1-2-3-9-4-10(6-12)8(14)11(5-9)7-13/h12-13H,2-7H2,1H3. The van der Waals surface area contributed by atoms with Crippen molar-refractivity contribution in [2.24, 2.45) is 0 Å². The number of carbonyl (C=O) groups excluding carboxylic acids is 1. The number of amides is 2. The van der Waals surface area contributed by atoms with Crippen LogP contribution < -0.4 is 0 Å². The molecule has 6 heteroatoms. The van der Waals surface area contributed by atoms with Gasteiger partial charge in [-0.05, 0) is 6.42 Å². The van der Waals surface area contributed by atoms with E-state index in [1.807, 2.05) is 11.8 Å². The molecule has 82 valence electrons. The number of hydrogen-bond donors (Lipinski definition) is 2. The maximum Gasteiger partial charge on any atom is 0.325 e. The molecule has 0 atom stereocenters. The van der Waals surface area contributed by atoms with Crippen molar-refractivity contribution in [3.63, 3.8) is 0 Å². The summed E-state index contributed by atoms with van der Waals surface area (Å²) in [5.74, 6) is 0. The molecule has 0 aliphatic carbocycles. The predicted molar refractivity (Wildman–Crippen MR) is 50.0 cm³/mol. The highest BCUT2D eigenvalue weighted by Crippen LogP contribution is 2.08. The molecule has 6 nitrogen and oxygen atoms in total. The molecular formula is C8H17N3O3. The first-order chi connectivity index (χ1) is 6.72. The number of aliphatic hydroxyl groups is 2. The number of hydrogen-bond acceptors (Lipinski definition) is 4. The fourth-order valence-electron chi connectivity index (χ4n) is 1.52. The summed E-state index contributed by atoms with van der Waals surface area (Å²) in [5, 5.41) is 17.9. The van der Waals surface area contributed by atoms with Gasteiger partial charge in [0.05, 0.1) is 13.3 Å². The average Bonchev–Trinajstić information content (AvgIpc) is 2.20. The van der Waals surface area contributed by atoms with Crippen LogP contribution in [0.15, 0.2) is 0 Å². The fourth-order valence-corrected chi connectivity index (χ4v) is 1.52. The highest BCUT2D eigenvalue weighted by Gasteiger charge is 2.28. The van der Waals surface area contributed by atoms with E-state index in [1.165, 1.54) is 9.80 Å². The van der Waals surface area contributed by atoms with E-state index in [0.717, 1.165) is 13.0 Å². The zero-order valence-corrected chi connectivity index (χ0v) is 8.39. The van der Waals surface area contributed by atoms with Gasteiger partial charge in [0.1, 0.15) is 13.5 Å². The Hall–Kier alpha value is -0.850. The summed E-state index contributed by atoms with van der Waals surface area (Å²) in [7, 11) is 0. The minimum Gasteiger partial charge on any atom is -0.376 e. The van der Waals surface area contributed by atoms with Gasteiger partial charge >= 0.3 is 6.03 Å². The van der Waals surface area contributed by atoms with Gasteiger partial charge in [-0.1, -0.05) is 6.92 Å². The highest BCUT2D eigenvalue weighted by molar-refractivity contribution is 5.74. The number of aliphatic hydroxyl groups excluding tert-OH is 2. The fraction of sp³-hybridized carbons (Fsp3) is 0.875. The molecular weight excluding hydrogens is 186 g/mol. The van der Waals surface area contributed by atoms with Crippen LogP contribution in [0.25, 0.3) is 0 Å². The first-order valence-corrected chi connectivity index (χ1v) is 4.70. The summed E-state index contributed by atoms with van der Waals surface area (Å²) in [6.45, 7) is 3.13. The Kier molecular flexibility index (Phi) is 4.12.